The molecule has 0 saturated carbocycles. The van der Waals surface area contributed by atoms with Gasteiger partial charge in [-0.1, -0.05) is 11.6 Å². The van der Waals surface area contributed by atoms with E-state index in [2.05, 4.69) is 0 Å². The zero-order valence-corrected chi connectivity index (χ0v) is 10.2. The summed E-state index contributed by atoms with van der Waals surface area (Å²) in [4.78, 5) is 0.334. The summed E-state index contributed by atoms with van der Waals surface area (Å²) in [6.07, 6.45) is 0.468. The van der Waals surface area contributed by atoms with Crippen LogP contribution >= 0.6 is 24.0 Å². The van der Waals surface area contributed by atoms with Gasteiger partial charge >= 0.3 is 0 Å². The van der Waals surface area contributed by atoms with Crippen LogP contribution in [0.5, 0.6) is 0 Å². The summed E-state index contributed by atoms with van der Waals surface area (Å²) < 4.78 is 23.3. The minimum atomic E-state index is -3.13. The highest BCUT2D eigenvalue weighted by atomic mass is 35.5. The number of hydrogen-bond donors (Lipinski definition) is 1. The van der Waals surface area contributed by atoms with Gasteiger partial charge in [0.25, 0.3) is 0 Å². The fourth-order valence-corrected chi connectivity index (χ4v) is 3.45. The average molecular weight is 268 g/mol. The second-order valence-electron chi connectivity index (χ2n) is 3.40. The van der Waals surface area contributed by atoms with Crippen molar-refractivity contribution in [3.05, 3.63) is 28.8 Å². The van der Waals surface area contributed by atoms with E-state index in [1.165, 1.54) is 6.07 Å². The molecule has 3 nitrogen and oxygen atoms in total. The van der Waals surface area contributed by atoms with Crippen LogP contribution in [0, 0.1) is 0 Å². The van der Waals surface area contributed by atoms with Gasteiger partial charge in [0.15, 0.2) is 9.84 Å². The Morgan fingerprint density at radius 3 is 2.73 bits per heavy atom. The van der Waals surface area contributed by atoms with Crippen LogP contribution in [0.1, 0.15) is 18.0 Å². The van der Waals surface area contributed by atoms with Gasteiger partial charge in [-0.2, -0.15) is 0 Å². The molecule has 0 bridgehead atoms. The third kappa shape index (κ3) is 2.28. The normalized spacial score (nSPS) is 22.7. The lowest BCUT2D eigenvalue weighted by molar-refractivity contribution is 0.569. The molecule has 0 saturated heterocycles. The maximum atomic E-state index is 11.6. The number of sulfone groups is 1. The van der Waals surface area contributed by atoms with E-state index in [9.17, 15) is 8.42 Å². The average Bonchev–Trinajstić information content (AvgIpc) is 2.12. The van der Waals surface area contributed by atoms with Gasteiger partial charge in [-0.05, 0) is 30.2 Å². The smallest absolute Gasteiger partial charge is 0.178 e. The molecule has 1 aromatic carbocycles. The maximum absolute atomic E-state index is 11.6. The molecule has 6 heteroatoms. The molecule has 84 valence electrons. The molecule has 0 aliphatic carbocycles. The fraction of sp³-hybridized carbons (Fsp3) is 0.333. The highest BCUT2D eigenvalue weighted by Gasteiger charge is 2.28. The highest BCUT2D eigenvalue weighted by Crippen LogP contribution is 2.32. The van der Waals surface area contributed by atoms with E-state index in [-0.39, 0.29) is 24.2 Å². The van der Waals surface area contributed by atoms with Gasteiger partial charge in [-0.25, -0.2) is 8.42 Å². The molecule has 1 aliphatic rings. The Kier molecular flexibility index (Phi) is 3.66. The van der Waals surface area contributed by atoms with Crippen LogP contribution in [-0.2, 0) is 9.84 Å². The molecular formula is C9H11Cl2NO2S. The van der Waals surface area contributed by atoms with Gasteiger partial charge in [0.2, 0.25) is 0 Å². The summed E-state index contributed by atoms with van der Waals surface area (Å²) in [7, 11) is -3.13. The summed E-state index contributed by atoms with van der Waals surface area (Å²) in [5.74, 6) is 0.128. The van der Waals surface area contributed by atoms with Crippen LogP contribution in [0.2, 0.25) is 5.02 Å². The Balaban J connectivity index is 0.00000112. The van der Waals surface area contributed by atoms with Crippen LogP contribution < -0.4 is 5.73 Å². The highest BCUT2D eigenvalue weighted by molar-refractivity contribution is 7.91. The van der Waals surface area contributed by atoms with Crippen molar-refractivity contribution in [3.8, 4) is 0 Å². The van der Waals surface area contributed by atoms with Crippen molar-refractivity contribution >= 4 is 33.8 Å². The lowest BCUT2D eigenvalue weighted by Gasteiger charge is -2.22. The maximum Gasteiger partial charge on any atom is 0.178 e. The molecule has 1 heterocycles. The summed E-state index contributed by atoms with van der Waals surface area (Å²) in [5, 5.41) is 0.524. The van der Waals surface area contributed by atoms with E-state index in [4.69, 9.17) is 17.3 Å². The number of hydrogen-bond acceptors (Lipinski definition) is 3. The number of fused-ring (bicyclic) bond motifs is 1. The number of benzene rings is 1. The Morgan fingerprint density at radius 2 is 2.07 bits per heavy atom. The van der Waals surface area contributed by atoms with E-state index in [0.29, 0.717) is 21.9 Å². The van der Waals surface area contributed by atoms with Crippen molar-refractivity contribution < 1.29 is 8.42 Å². The molecule has 15 heavy (non-hydrogen) atoms. The third-order valence-corrected chi connectivity index (χ3v) is 4.45. The van der Waals surface area contributed by atoms with Crippen LogP contribution in [0.25, 0.3) is 0 Å². The molecular weight excluding hydrogens is 257 g/mol. The monoisotopic (exact) mass is 267 g/mol. The summed E-state index contributed by atoms with van der Waals surface area (Å²) in [6, 6.07) is 4.53. The minimum absolute atomic E-state index is 0. The second kappa shape index (κ2) is 4.29. The van der Waals surface area contributed by atoms with E-state index in [0.717, 1.165) is 0 Å². The first-order valence-electron chi connectivity index (χ1n) is 4.28. The van der Waals surface area contributed by atoms with Gasteiger partial charge in [-0.15, -0.1) is 12.4 Å². The summed E-state index contributed by atoms with van der Waals surface area (Å²) in [5.41, 5.74) is 6.46. The zero-order chi connectivity index (χ0) is 10.3. The van der Waals surface area contributed by atoms with Crippen LogP contribution in [0.15, 0.2) is 23.1 Å². The van der Waals surface area contributed by atoms with Crippen LogP contribution in [0.4, 0.5) is 0 Å². The standard InChI is InChI=1S/C9H10ClNO2S.ClH/c10-6-1-2-9-7(5-6)8(11)3-4-14(9,12)13;/h1-2,5,8H,3-4,11H2;1H. The first-order chi connectivity index (χ1) is 6.50. The quantitative estimate of drug-likeness (QED) is 0.782. The van der Waals surface area contributed by atoms with E-state index >= 15 is 0 Å². The molecule has 1 atom stereocenters. The van der Waals surface area contributed by atoms with Crippen LogP contribution in [-0.4, -0.2) is 14.2 Å². The Bertz CT molecular complexity index is 473. The van der Waals surface area contributed by atoms with Crippen molar-refractivity contribution in [1.29, 1.82) is 0 Å². The Morgan fingerprint density at radius 1 is 1.40 bits per heavy atom. The van der Waals surface area contributed by atoms with Crippen LogP contribution in [0.3, 0.4) is 0 Å². The minimum Gasteiger partial charge on any atom is -0.324 e. The number of rotatable bonds is 0. The molecule has 0 aromatic heterocycles. The number of nitrogens with two attached hydrogens (primary N) is 1. The molecule has 0 fully saturated rings. The molecule has 0 amide bonds. The Labute approximate surface area is 99.9 Å². The predicted molar refractivity (Wildman–Crippen MR) is 62.3 cm³/mol. The van der Waals surface area contributed by atoms with E-state index in [1.807, 2.05) is 0 Å². The van der Waals surface area contributed by atoms with Gasteiger partial charge < -0.3 is 5.73 Å². The van der Waals surface area contributed by atoms with Crippen molar-refractivity contribution in [3.63, 3.8) is 0 Å². The molecule has 0 spiro atoms. The van der Waals surface area contributed by atoms with Gasteiger partial charge in [0, 0.05) is 11.1 Å². The summed E-state index contributed by atoms with van der Waals surface area (Å²) in [6.45, 7) is 0. The molecule has 0 radical (unpaired) electrons. The number of halogens is 2. The lowest BCUT2D eigenvalue weighted by atomic mass is 10.1. The lowest BCUT2D eigenvalue weighted by Crippen LogP contribution is -2.24. The van der Waals surface area contributed by atoms with E-state index < -0.39 is 9.84 Å². The largest absolute Gasteiger partial charge is 0.324 e. The van der Waals surface area contributed by atoms with Crippen molar-refractivity contribution in [1.82, 2.24) is 0 Å². The second-order valence-corrected chi connectivity index (χ2v) is 5.91. The first kappa shape index (κ1) is 12.8. The topological polar surface area (TPSA) is 60.2 Å². The van der Waals surface area contributed by atoms with E-state index in [1.54, 1.807) is 12.1 Å². The fourth-order valence-electron chi connectivity index (χ4n) is 1.64. The van der Waals surface area contributed by atoms with Crippen molar-refractivity contribution in [2.45, 2.75) is 17.4 Å². The van der Waals surface area contributed by atoms with Crippen molar-refractivity contribution in [2.24, 2.45) is 5.73 Å². The Hall–Kier alpha value is -0.290. The van der Waals surface area contributed by atoms with Gasteiger partial charge in [0.05, 0.1) is 10.6 Å². The SMILES string of the molecule is Cl.NC1CCS(=O)(=O)c2ccc(Cl)cc21. The molecule has 1 aliphatic heterocycles. The first-order valence-corrected chi connectivity index (χ1v) is 6.31. The molecule has 2 rings (SSSR count). The third-order valence-electron chi connectivity index (χ3n) is 2.40. The zero-order valence-electron chi connectivity index (χ0n) is 7.81. The molecule has 2 N–H and O–H groups in total. The van der Waals surface area contributed by atoms with Gasteiger partial charge in [0.1, 0.15) is 0 Å². The molecule has 1 unspecified atom stereocenters. The van der Waals surface area contributed by atoms with Gasteiger partial charge in [-0.3, -0.25) is 0 Å². The summed E-state index contributed by atoms with van der Waals surface area (Å²) >= 11 is 5.78. The molecule has 1 aromatic rings. The van der Waals surface area contributed by atoms with Crippen molar-refractivity contribution in [2.75, 3.05) is 5.75 Å². The predicted octanol–water partition coefficient (Wildman–Crippen LogP) is 1.94.